The summed E-state index contributed by atoms with van der Waals surface area (Å²) in [6.07, 6.45) is 1.75. The van der Waals surface area contributed by atoms with Crippen molar-refractivity contribution in [2.75, 3.05) is 6.61 Å². The molecule has 2 aromatic carbocycles. The molecule has 0 atom stereocenters. The van der Waals surface area contributed by atoms with Crippen LogP contribution in [0.15, 0.2) is 49.0 Å². The zero-order valence-corrected chi connectivity index (χ0v) is 12.8. The number of fused-ring (bicyclic) bond motifs is 1. The Morgan fingerprint density at radius 1 is 1.09 bits per heavy atom. The molecule has 3 heteroatoms. The molecule has 0 amide bonds. The Morgan fingerprint density at radius 3 is 2.64 bits per heavy atom. The van der Waals surface area contributed by atoms with E-state index < -0.39 is 0 Å². The number of nitrogens with zero attached hydrogens (tertiary/aromatic N) is 2. The first-order valence-electron chi connectivity index (χ1n) is 7.36. The molecule has 1 heterocycles. The predicted molar refractivity (Wildman–Crippen MR) is 91.0 cm³/mol. The average Bonchev–Trinajstić information content (AvgIpc) is 2.54. The van der Waals surface area contributed by atoms with Gasteiger partial charge in [0.1, 0.15) is 5.75 Å². The minimum absolute atomic E-state index is 0.633. The number of hydrogen-bond donors (Lipinski definition) is 0. The van der Waals surface area contributed by atoms with Crippen molar-refractivity contribution >= 4 is 17.1 Å². The van der Waals surface area contributed by atoms with E-state index in [0.717, 1.165) is 33.7 Å². The van der Waals surface area contributed by atoms with E-state index in [1.54, 1.807) is 6.08 Å². The van der Waals surface area contributed by atoms with Crippen LogP contribution >= 0.6 is 0 Å². The van der Waals surface area contributed by atoms with Gasteiger partial charge in [0.2, 0.25) is 0 Å². The average molecular weight is 290 g/mol. The molecule has 0 aliphatic rings. The predicted octanol–water partition coefficient (Wildman–Crippen LogP) is 4.65. The van der Waals surface area contributed by atoms with E-state index in [2.05, 4.69) is 30.6 Å². The molecule has 0 saturated heterocycles. The van der Waals surface area contributed by atoms with Crippen molar-refractivity contribution in [2.45, 2.75) is 13.8 Å². The lowest BCUT2D eigenvalue weighted by atomic mass is 10.0. The van der Waals surface area contributed by atoms with Crippen molar-refractivity contribution < 1.29 is 4.74 Å². The molecule has 3 nitrogen and oxygen atoms in total. The van der Waals surface area contributed by atoms with Crippen LogP contribution in [0.3, 0.4) is 0 Å². The van der Waals surface area contributed by atoms with Crippen LogP contribution in [0.1, 0.15) is 18.2 Å². The second kappa shape index (κ2) is 5.98. The van der Waals surface area contributed by atoms with Gasteiger partial charge in [0.15, 0.2) is 0 Å². The third-order valence-corrected chi connectivity index (χ3v) is 3.57. The summed E-state index contributed by atoms with van der Waals surface area (Å²) in [6, 6.07) is 13.9. The number of aromatic nitrogens is 2. The van der Waals surface area contributed by atoms with E-state index in [1.165, 1.54) is 5.56 Å². The fourth-order valence-corrected chi connectivity index (χ4v) is 2.48. The van der Waals surface area contributed by atoms with E-state index in [0.29, 0.717) is 6.61 Å². The highest BCUT2D eigenvalue weighted by Gasteiger charge is 2.11. The second-order valence-electron chi connectivity index (χ2n) is 5.06. The van der Waals surface area contributed by atoms with Crippen LogP contribution in [0.4, 0.5) is 0 Å². The first kappa shape index (κ1) is 14.3. The van der Waals surface area contributed by atoms with Gasteiger partial charge in [-0.2, -0.15) is 0 Å². The monoisotopic (exact) mass is 290 g/mol. The van der Waals surface area contributed by atoms with Gasteiger partial charge in [-0.3, -0.25) is 0 Å². The van der Waals surface area contributed by atoms with Gasteiger partial charge in [-0.05, 0) is 37.6 Å². The Balaban J connectivity index is 2.24. The number of benzene rings is 2. The van der Waals surface area contributed by atoms with Gasteiger partial charge in [-0.25, -0.2) is 9.97 Å². The third-order valence-electron chi connectivity index (χ3n) is 3.57. The van der Waals surface area contributed by atoms with Crippen LogP contribution in [-0.4, -0.2) is 16.6 Å². The lowest BCUT2D eigenvalue weighted by Gasteiger charge is -2.10. The molecular formula is C19H18N2O. The van der Waals surface area contributed by atoms with Crippen LogP contribution < -0.4 is 4.74 Å². The van der Waals surface area contributed by atoms with Crippen LogP contribution in [0.25, 0.3) is 28.4 Å². The van der Waals surface area contributed by atoms with Crippen LogP contribution in [0.5, 0.6) is 5.75 Å². The summed E-state index contributed by atoms with van der Waals surface area (Å²) < 4.78 is 5.55. The van der Waals surface area contributed by atoms with Crippen molar-refractivity contribution in [3.05, 3.63) is 60.3 Å². The van der Waals surface area contributed by atoms with Gasteiger partial charge < -0.3 is 4.74 Å². The zero-order chi connectivity index (χ0) is 15.5. The number of rotatable bonds is 4. The minimum Gasteiger partial charge on any atom is -0.494 e. The van der Waals surface area contributed by atoms with Gasteiger partial charge in [0, 0.05) is 11.6 Å². The Bertz CT molecular complexity index is 840. The Morgan fingerprint density at radius 2 is 1.91 bits per heavy atom. The number of hydrogen-bond acceptors (Lipinski definition) is 3. The van der Waals surface area contributed by atoms with Crippen LogP contribution in [-0.2, 0) is 0 Å². The van der Waals surface area contributed by atoms with Crippen molar-refractivity contribution in [2.24, 2.45) is 0 Å². The summed E-state index contributed by atoms with van der Waals surface area (Å²) in [4.78, 5) is 9.48. The molecule has 110 valence electrons. The van der Waals surface area contributed by atoms with Gasteiger partial charge in [0.25, 0.3) is 0 Å². The standard InChI is InChI=1S/C19H18N2O/c1-4-16-19(15-9-7-6-8-13(15)3)21-18-12-14(22-5-2)10-11-17(18)20-16/h4,6-12H,1,5H2,2-3H3. The summed E-state index contributed by atoms with van der Waals surface area (Å²) in [7, 11) is 0. The third kappa shape index (κ3) is 2.58. The quantitative estimate of drug-likeness (QED) is 0.701. The fourth-order valence-electron chi connectivity index (χ4n) is 2.48. The van der Waals surface area contributed by atoms with Crippen LogP contribution in [0, 0.1) is 6.92 Å². The molecule has 0 saturated carbocycles. The molecule has 0 aliphatic heterocycles. The Kier molecular flexibility index (Phi) is 3.88. The molecule has 3 aromatic rings. The Hall–Kier alpha value is -2.68. The highest BCUT2D eigenvalue weighted by atomic mass is 16.5. The van der Waals surface area contributed by atoms with E-state index in [9.17, 15) is 0 Å². The molecule has 0 spiro atoms. The molecule has 0 unspecified atom stereocenters. The molecule has 0 aliphatic carbocycles. The minimum atomic E-state index is 0.633. The SMILES string of the molecule is C=Cc1nc2ccc(OCC)cc2nc1-c1ccccc1C. The molecular weight excluding hydrogens is 272 g/mol. The molecule has 0 bridgehead atoms. The largest absolute Gasteiger partial charge is 0.494 e. The Labute approximate surface area is 130 Å². The van der Waals surface area contributed by atoms with E-state index >= 15 is 0 Å². The second-order valence-corrected chi connectivity index (χ2v) is 5.06. The lowest BCUT2D eigenvalue weighted by molar-refractivity contribution is 0.340. The highest BCUT2D eigenvalue weighted by Crippen LogP contribution is 2.28. The molecule has 0 radical (unpaired) electrons. The number of aryl methyl sites for hydroxylation is 1. The normalized spacial score (nSPS) is 10.6. The summed E-state index contributed by atoms with van der Waals surface area (Å²) in [5.74, 6) is 0.811. The van der Waals surface area contributed by atoms with E-state index in [1.807, 2.05) is 37.3 Å². The summed E-state index contributed by atoms with van der Waals surface area (Å²) in [6.45, 7) is 8.55. The van der Waals surface area contributed by atoms with Gasteiger partial charge >= 0.3 is 0 Å². The summed E-state index contributed by atoms with van der Waals surface area (Å²) in [5, 5.41) is 0. The van der Waals surface area contributed by atoms with Gasteiger partial charge in [0.05, 0.1) is 29.0 Å². The maximum absolute atomic E-state index is 5.55. The molecule has 0 N–H and O–H groups in total. The lowest BCUT2D eigenvalue weighted by Crippen LogP contribution is -1.97. The maximum Gasteiger partial charge on any atom is 0.121 e. The van der Waals surface area contributed by atoms with Crippen molar-refractivity contribution in [3.8, 4) is 17.0 Å². The highest BCUT2D eigenvalue weighted by molar-refractivity contribution is 5.83. The maximum atomic E-state index is 5.55. The van der Waals surface area contributed by atoms with Gasteiger partial charge in [-0.1, -0.05) is 30.8 Å². The fraction of sp³-hybridized carbons (Fsp3) is 0.158. The molecule has 22 heavy (non-hydrogen) atoms. The number of ether oxygens (including phenoxy) is 1. The van der Waals surface area contributed by atoms with Gasteiger partial charge in [-0.15, -0.1) is 0 Å². The van der Waals surface area contributed by atoms with E-state index in [4.69, 9.17) is 9.72 Å². The topological polar surface area (TPSA) is 35.0 Å². The summed E-state index contributed by atoms with van der Waals surface area (Å²) >= 11 is 0. The smallest absolute Gasteiger partial charge is 0.121 e. The van der Waals surface area contributed by atoms with Crippen LogP contribution in [0.2, 0.25) is 0 Å². The van der Waals surface area contributed by atoms with Crippen molar-refractivity contribution in [3.63, 3.8) is 0 Å². The van der Waals surface area contributed by atoms with E-state index in [-0.39, 0.29) is 0 Å². The first-order chi connectivity index (χ1) is 10.7. The first-order valence-corrected chi connectivity index (χ1v) is 7.36. The molecule has 1 aromatic heterocycles. The molecule has 0 fully saturated rings. The molecule has 3 rings (SSSR count). The zero-order valence-electron chi connectivity index (χ0n) is 12.8. The van der Waals surface area contributed by atoms with Crippen molar-refractivity contribution in [1.29, 1.82) is 0 Å². The van der Waals surface area contributed by atoms with Crippen molar-refractivity contribution in [1.82, 2.24) is 9.97 Å². The summed E-state index contributed by atoms with van der Waals surface area (Å²) in [5.41, 5.74) is 5.57.